The monoisotopic (exact) mass is 393 g/mol. The van der Waals surface area contributed by atoms with Gasteiger partial charge in [-0.05, 0) is 31.7 Å². The zero-order chi connectivity index (χ0) is 18.7. The number of carbonyl (C=O) groups excluding carboxylic acids is 1. The molecule has 2 aromatic rings. The number of aromatic nitrogens is 2. The number of halogens is 2. The number of hydrogen-bond acceptors (Lipinski definition) is 5. The fraction of sp³-hybridized carbons (Fsp3) is 0.389. The molecule has 0 unspecified atom stereocenters. The second-order valence-electron chi connectivity index (χ2n) is 6.16. The van der Waals surface area contributed by atoms with Crippen molar-refractivity contribution < 1.29 is 4.79 Å². The van der Waals surface area contributed by atoms with Crippen molar-refractivity contribution in [3.05, 3.63) is 45.8 Å². The smallest absolute Gasteiger partial charge is 0.272 e. The van der Waals surface area contributed by atoms with Crippen molar-refractivity contribution >= 4 is 40.6 Å². The Labute approximate surface area is 163 Å². The number of piperazine rings is 1. The van der Waals surface area contributed by atoms with E-state index in [1.807, 2.05) is 4.90 Å². The van der Waals surface area contributed by atoms with Gasteiger partial charge in [0, 0.05) is 37.3 Å². The first-order valence-electron chi connectivity index (χ1n) is 8.55. The number of anilines is 2. The van der Waals surface area contributed by atoms with E-state index in [0.717, 1.165) is 19.6 Å². The molecule has 0 spiro atoms. The number of amides is 1. The van der Waals surface area contributed by atoms with Crippen LogP contribution in [0.25, 0.3) is 0 Å². The summed E-state index contributed by atoms with van der Waals surface area (Å²) in [5.74, 6) is 0.976. The van der Waals surface area contributed by atoms with Gasteiger partial charge in [-0.3, -0.25) is 4.79 Å². The maximum absolute atomic E-state index is 12.8. The number of rotatable bonds is 4. The van der Waals surface area contributed by atoms with E-state index in [1.54, 1.807) is 31.2 Å². The third-order valence-electron chi connectivity index (χ3n) is 4.36. The standard InChI is InChI=1S/C18H21Cl2N5O/c1-3-24-6-8-25(9-7-24)18(26)16-11-17(22-12(2)21-16)23-15-5-4-13(19)10-14(15)20/h4-5,10-11H,3,6-9H2,1-2H3,(H,21,22,23). The van der Waals surface area contributed by atoms with E-state index >= 15 is 0 Å². The highest BCUT2D eigenvalue weighted by Gasteiger charge is 2.23. The SMILES string of the molecule is CCN1CCN(C(=O)c2cc(Nc3ccc(Cl)cc3Cl)nc(C)n2)CC1. The quantitative estimate of drug-likeness (QED) is 0.859. The second kappa shape index (κ2) is 8.20. The molecule has 138 valence electrons. The van der Waals surface area contributed by atoms with Gasteiger partial charge < -0.3 is 15.1 Å². The summed E-state index contributed by atoms with van der Waals surface area (Å²) in [6, 6.07) is 6.82. The average Bonchev–Trinajstić information content (AvgIpc) is 2.63. The van der Waals surface area contributed by atoms with Crippen molar-refractivity contribution in [1.29, 1.82) is 0 Å². The van der Waals surface area contributed by atoms with Crippen LogP contribution >= 0.6 is 23.2 Å². The molecular weight excluding hydrogens is 373 g/mol. The second-order valence-corrected chi connectivity index (χ2v) is 7.00. The summed E-state index contributed by atoms with van der Waals surface area (Å²) < 4.78 is 0. The number of nitrogens with zero attached hydrogens (tertiary/aromatic N) is 4. The zero-order valence-corrected chi connectivity index (χ0v) is 16.3. The molecule has 26 heavy (non-hydrogen) atoms. The highest BCUT2D eigenvalue weighted by atomic mass is 35.5. The van der Waals surface area contributed by atoms with Gasteiger partial charge in [-0.1, -0.05) is 30.1 Å². The minimum absolute atomic E-state index is 0.0727. The topological polar surface area (TPSA) is 61.4 Å². The lowest BCUT2D eigenvalue weighted by Gasteiger charge is -2.33. The number of carbonyl (C=O) groups is 1. The molecule has 1 N–H and O–H groups in total. The van der Waals surface area contributed by atoms with Crippen LogP contribution in [0, 0.1) is 6.92 Å². The maximum atomic E-state index is 12.8. The van der Waals surface area contributed by atoms with Crippen molar-refractivity contribution in [3.8, 4) is 0 Å². The Morgan fingerprint density at radius 3 is 2.54 bits per heavy atom. The Morgan fingerprint density at radius 1 is 1.15 bits per heavy atom. The molecule has 2 heterocycles. The molecule has 1 aromatic heterocycles. The minimum Gasteiger partial charge on any atom is -0.339 e. The molecule has 1 saturated heterocycles. The van der Waals surface area contributed by atoms with Crippen LogP contribution in [-0.2, 0) is 0 Å². The fourth-order valence-electron chi connectivity index (χ4n) is 2.90. The lowest BCUT2D eigenvalue weighted by molar-refractivity contribution is 0.0637. The lowest BCUT2D eigenvalue weighted by Crippen LogP contribution is -2.48. The Balaban J connectivity index is 1.78. The summed E-state index contributed by atoms with van der Waals surface area (Å²) in [4.78, 5) is 25.6. The summed E-state index contributed by atoms with van der Waals surface area (Å²) >= 11 is 12.1. The number of benzene rings is 1. The predicted octanol–water partition coefficient (Wildman–Crippen LogP) is 3.61. The van der Waals surface area contributed by atoms with Gasteiger partial charge >= 0.3 is 0 Å². The van der Waals surface area contributed by atoms with E-state index in [4.69, 9.17) is 23.2 Å². The number of hydrogen-bond donors (Lipinski definition) is 1. The van der Waals surface area contributed by atoms with E-state index < -0.39 is 0 Å². The minimum atomic E-state index is -0.0727. The van der Waals surface area contributed by atoms with Crippen LogP contribution in [-0.4, -0.2) is 58.4 Å². The molecule has 0 radical (unpaired) electrons. The Hall–Kier alpha value is -1.89. The zero-order valence-electron chi connectivity index (χ0n) is 14.8. The summed E-state index contributed by atoms with van der Waals surface area (Å²) in [6.45, 7) is 8.09. The van der Waals surface area contributed by atoms with Crippen molar-refractivity contribution in [1.82, 2.24) is 19.8 Å². The molecule has 0 saturated carbocycles. The van der Waals surface area contributed by atoms with Crippen LogP contribution in [0.5, 0.6) is 0 Å². The van der Waals surface area contributed by atoms with Gasteiger partial charge in [-0.2, -0.15) is 0 Å². The van der Waals surface area contributed by atoms with Crippen molar-refractivity contribution in [3.63, 3.8) is 0 Å². The van der Waals surface area contributed by atoms with Crippen LogP contribution < -0.4 is 5.32 Å². The summed E-state index contributed by atoms with van der Waals surface area (Å²) in [7, 11) is 0. The molecule has 1 amide bonds. The highest BCUT2D eigenvalue weighted by molar-refractivity contribution is 6.36. The van der Waals surface area contributed by atoms with Crippen LogP contribution in [0.4, 0.5) is 11.5 Å². The molecule has 0 bridgehead atoms. The molecule has 8 heteroatoms. The summed E-state index contributed by atoms with van der Waals surface area (Å²) in [5, 5.41) is 4.17. The molecule has 1 aliphatic rings. The van der Waals surface area contributed by atoms with E-state index in [2.05, 4.69) is 27.1 Å². The van der Waals surface area contributed by atoms with E-state index in [0.29, 0.717) is 46.2 Å². The van der Waals surface area contributed by atoms with Crippen LogP contribution in [0.3, 0.4) is 0 Å². The third kappa shape index (κ3) is 4.44. The maximum Gasteiger partial charge on any atom is 0.272 e. The van der Waals surface area contributed by atoms with Gasteiger partial charge in [-0.25, -0.2) is 9.97 Å². The highest BCUT2D eigenvalue weighted by Crippen LogP contribution is 2.28. The van der Waals surface area contributed by atoms with Crippen LogP contribution in [0.1, 0.15) is 23.2 Å². The number of nitrogens with one attached hydrogen (secondary N) is 1. The van der Waals surface area contributed by atoms with E-state index in [-0.39, 0.29) is 5.91 Å². The lowest BCUT2D eigenvalue weighted by atomic mass is 10.2. The molecule has 1 fully saturated rings. The van der Waals surface area contributed by atoms with Crippen molar-refractivity contribution in [2.45, 2.75) is 13.8 Å². The van der Waals surface area contributed by atoms with Crippen LogP contribution in [0.2, 0.25) is 10.0 Å². The van der Waals surface area contributed by atoms with Crippen molar-refractivity contribution in [2.75, 3.05) is 38.0 Å². The molecule has 3 rings (SSSR count). The van der Waals surface area contributed by atoms with Gasteiger partial charge in [0.1, 0.15) is 17.3 Å². The summed E-state index contributed by atoms with van der Waals surface area (Å²) in [5.41, 5.74) is 1.05. The molecule has 1 aliphatic heterocycles. The molecule has 0 atom stereocenters. The van der Waals surface area contributed by atoms with Gasteiger partial charge in [-0.15, -0.1) is 0 Å². The predicted molar refractivity (Wildman–Crippen MR) is 105 cm³/mol. The Bertz CT molecular complexity index is 806. The fourth-order valence-corrected chi connectivity index (χ4v) is 3.36. The summed E-state index contributed by atoms with van der Waals surface area (Å²) in [6.07, 6.45) is 0. The van der Waals surface area contributed by atoms with E-state index in [9.17, 15) is 4.79 Å². The van der Waals surface area contributed by atoms with Gasteiger partial charge in [0.15, 0.2) is 0 Å². The van der Waals surface area contributed by atoms with Gasteiger partial charge in [0.25, 0.3) is 5.91 Å². The molecular formula is C18H21Cl2N5O. The largest absolute Gasteiger partial charge is 0.339 e. The first-order valence-corrected chi connectivity index (χ1v) is 9.31. The number of likely N-dealkylation sites (N-methyl/N-ethyl adjacent to an activating group) is 1. The van der Waals surface area contributed by atoms with E-state index in [1.165, 1.54) is 0 Å². The molecule has 6 nitrogen and oxygen atoms in total. The normalized spacial score (nSPS) is 15.2. The average molecular weight is 394 g/mol. The Morgan fingerprint density at radius 2 is 1.88 bits per heavy atom. The first kappa shape index (κ1) is 18.9. The molecule has 0 aliphatic carbocycles. The first-order chi connectivity index (χ1) is 12.5. The van der Waals surface area contributed by atoms with Crippen molar-refractivity contribution in [2.24, 2.45) is 0 Å². The number of aryl methyl sites for hydroxylation is 1. The van der Waals surface area contributed by atoms with Crippen LogP contribution in [0.15, 0.2) is 24.3 Å². The van der Waals surface area contributed by atoms with Gasteiger partial charge in [0.05, 0.1) is 10.7 Å². The van der Waals surface area contributed by atoms with Gasteiger partial charge in [0.2, 0.25) is 0 Å². The Kier molecular flexibility index (Phi) is 5.96. The third-order valence-corrected chi connectivity index (χ3v) is 4.91. The molecule has 1 aromatic carbocycles.